The lowest BCUT2D eigenvalue weighted by Gasteiger charge is -2.27. The highest BCUT2D eigenvalue weighted by Gasteiger charge is 2.50. The van der Waals surface area contributed by atoms with Gasteiger partial charge in [-0.1, -0.05) is 6.07 Å². The van der Waals surface area contributed by atoms with E-state index in [1.54, 1.807) is 20.8 Å². The van der Waals surface area contributed by atoms with E-state index in [0.717, 1.165) is 4.31 Å². The molecule has 1 aromatic carbocycles. The van der Waals surface area contributed by atoms with Crippen LogP contribution in [0.1, 0.15) is 37.6 Å². The summed E-state index contributed by atoms with van der Waals surface area (Å²) in [4.78, 5) is 27.1. The molecule has 154 valence electrons. The molecule has 28 heavy (non-hydrogen) atoms. The number of sulfonamides is 1. The lowest BCUT2D eigenvalue weighted by atomic mass is 9.95. The highest BCUT2D eigenvalue weighted by Crippen LogP contribution is 2.36. The maximum Gasteiger partial charge on any atom is 0.254 e. The van der Waals surface area contributed by atoms with E-state index in [0.29, 0.717) is 13.0 Å². The number of anilines is 1. The van der Waals surface area contributed by atoms with E-state index in [9.17, 15) is 26.4 Å². The summed E-state index contributed by atoms with van der Waals surface area (Å²) < 4.78 is 49.3. The quantitative estimate of drug-likeness (QED) is 0.709. The average Bonchev–Trinajstić information content (AvgIpc) is 3.01. The second-order valence-electron chi connectivity index (χ2n) is 7.91. The van der Waals surface area contributed by atoms with Crippen molar-refractivity contribution in [2.45, 2.75) is 33.2 Å². The van der Waals surface area contributed by atoms with Crippen molar-refractivity contribution in [1.82, 2.24) is 4.90 Å². The first-order valence-electron chi connectivity index (χ1n) is 9.07. The van der Waals surface area contributed by atoms with Crippen molar-refractivity contribution in [2.75, 3.05) is 28.1 Å². The van der Waals surface area contributed by atoms with Crippen molar-refractivity contribution in [1.29, 1.82) is 0 Å². The van der Waals surface area contributed by atoms with Crippen LogP contribution in [0.4, 0.5) is 5.69 Å². The summed E-state index contributed by atoms with van der Waals surface area (Å²) in [5.74, 6) is -1.23. The van der Waals surface area contributed by atoms with E-state index in [1.165, 1.54) is 29.2 Å². The zero-order valence-electron chi connectivity index (χ0n) is 16.1. The molecule has 2 aliphatic heterocycles. The molecule has 0 aromatic heterocycles. The number of rotatable bonds is 4. The van der Waals surface area contributed by atoms with Gasteiger partial charge in [0.25, 0.3) is 5.91 Å². The number of sulfone groups is 1. The highest BCUT2D eigenvalue weighted by atomic mass is 32.2. The third-order valence-corrected chi connectivity index (χ3v) is 8.93. The lowest BCUT2D eigenvalue weighted by molar-refractivity contribution is -0.123. The van der Waals surface area contributed by atoms with Crippen molar-refractivity contribution < 1.29 is 26.4 Å². The predicted molar refractivity (Wildman–Crippen MR) is 105 cm³/mol. The highest BCUT2D eigenvalue weighted by molar-refractivity contribution is 7.94. The van der Waals surface area contributed by atoms with Gasteiger partial charge in [0, 0.05) is 18.2 Å². The summed E-state index contributed by atoms with van der Waals surface area (Å²) in [5.41, 5.74) is -0.695. The first-order valence-corrected chi connectivity index (χ1v) is 12.5. The van der Waals surface area contributed by atoms with E-state index >= 15 is 0 Å². The standard InChI is InChI=1S/C18H24N2O6S2/c1-4-19(15-8-9-27(23,24)11-15)16(21)13-6-5-7-14(10-13)20-17(22)18(2,3)12-28(20,25)26/h5-7,10,15H,4,8-9,11-12H2,1-3H3/t15-/m1/s1. The van der Waals surface area contributed by atoms with Gasteiger partial charge in [0.2, 0.25) is 15.9 Å². The Morgan fingerprint density at radius 2 is 1.93 bits per heavy atom. The van der Waals surface area contributed by atoms with Gasteiger partial charge in [-0.25, -0.2) is 21.1 Å². The molecule has 0 unspecified atom stereocenters. The van der Waals surface area contributed by atoms with E-state index in [4.69, 9.17) is 0 Å². The molecule has 0 saturated carbocycles. The number of nitrogens with zero attached hydrogens (tertiary/aromatic N) is 2. The van der Waals surface area contributed by atoms with Gasteiger partial charge in [-0.15, -0.1) is 0 Å². The summed E-state index contributed by atoms with van der Waals surface area (Å²) >= 11 is 0. The Bertz CT molecular complexity index is 1030. The molecule has 2 aliphatic rings. The minimum atomic E-state index is -3.82. The van der Waals surface area contributed by atoms with Crippen LogP contribution < -0.4 is 4.31 Å². The fraction of sp³-hybridized carbons (Fsp3) is 0.556. The number of carbonyl (C=O) groups is 2. The van der Waals surface area contributed by atoms with Crippen molar-refractivity contribution >= 4 is 37.4 Å². The first-order chi connectivity index (χ1) is 12.9. The van der Waals surface area contributed by atoms with Gasteiger partial charge in [-0.3, -0.25) is 9.59 Å². The Morgan fingerprint density at radius 1 is 1.25 bits per heavy atom. The summed E-state index contributed by atoms with van der Waals surface area (Å²) in [6, 6.07) is 5.52. The monoisotopic (exact) mass is 428 g/mol. The number of benzene rings is 1. The molecule has 2 saturated heterocycles. The minimum Gasteiger partial charge on any atom is -0.335 e. The van der Waals surface area contributed by atoms with Gasteiger partial charge >= 0.3 is 0 Å². The minimum absolute atomic E-state index is 0.0527. The molecule has 2 fully saturated rings. The molecular formula is C18H24N2O6S2. The fourth-order valence-electron chi connectivity index (χ4n) is 3.78. The summed E-state index contributed by atoms with van der Waals surface area (Å²) in [6.45, 7) is 5.24. The van der Waals surface area contributed by atoms with Crippen LogP contribution in [0, 0.1) is 5.41 Å². The lowest BCUT2D eigenvalue weighted by Crippen LogP contribution is -2.41. The van der Waals surface area contributed by atoms with E-state index < -0.39 is 37.2 Å². The van der Waals surface area contributed by atoms with Gasteiger partial charge < -0.3 is 4.90 Å². The van der Waals surface area contributed by atoms with Crippen molar-refractivity contribution in [3.8, 4) is 0 Å². The summed E-state index contributed by atoms with van der Waals surface area (Å²) in [7, 11) is -6.97. The first kappa shape index (κ1) is 20.8. The molecule has 0 bridgehead atoms. The van der Waals surface area contributed by atoms with E-state index in [1.807, 2.05) is 0 Å². The molecule has 0 radical (unpaired) electrons. The summed E-state index contributed by atoms with van der Waals surface area (Å²) in [5, 5.41) is 0. The molecule has 0 aliphatic carbocycles. The predicted octanol–water partition coefficient (Wildman–Crippen LogP) is 1.04. The smallest absolute Gasteiger partial charge is 0.254 e. The Labute approximate surface area is 165 Å². The number of carbonyl (C=O) groups excluding carboxylic acids is 2. The van der Waals surface area contributed by atoms with Crippen LogP contribution in [-0.2, 0) is 24.7 Å². The SMILES string of the molecule is CCN(C(=O)c1cccc(N2C(=O)C(C)(C)CS2(=O)=O)c1)[C@@H]1CCS(=O)(=O)C1. The zero-order chi connectivity index (χ0) is 20.9. The molecule has 3 rings (SSSR count). The second-order valence-corrected chi connectivity index (χ2v) is 12.0. The largest absolute Gasteiger partial charge is 0.335 e. The number of hydrogen-bond donors (Lipinski definition) is 0. The Balaban J connectivity index is 1.93. The molecule has 1 atom stereocenters. The van der Waals surface area contributed by atoms with Crippen LogP contribution in [0.25, 0.3) is 0 Å². The molecule has 0 spiro atoms. The van der Waals surface area contributed by atoms with Crippen LogP contribution in [0.3, 0.4) is 0 Å². The van der Waals surface area contributed by atoms with Crippen LogP contribution in [0.5, 0.6) is 0 Å². The topological polar surface area (TPSA) is 109 Å². The van der Waals surface area contributed by atoms with Crippen molar-refractivity contribution in [3.63, 3.8) is 0 Å². The molecule has 10 heteroatoms. The average molecular weight is 429 g/mol. The van der Waals surface area contributed by atoms with Crippen LogP contribution in [0.2, 0.25) is 0 Å². The molecular weight excluding hydrogens is 404 g/mol. The van der Waals surface area contributed by atoms with Crippen LogP contribution in [0.15, 0.2) is 24.3 Å². The van der Waals surface area contributed by atoms with Crippen LogP contribution in [-0.4, -0.2) is 63.4 Å². The maximum atomic E-state index is 13.0. The van der Waals surface area contributed by atoms with Crippen molar-refractivity contribution in [2.24, 2.45) is 5.41 Å². The zero-order valence-corrected chi connectivity index (χ0v) is 17.7. The van der Waals surface area contributed by atoms with Gasteiger partial charge in [0.15, 0.2) is 9.84 Å². The third-order valence-electron chi connectivity index (χ3n) is 5.16. The van der Waals surface area contributed by atoms with Crippen LogP contribution >= 0.6 is 0 Å². The molecule has 2 heterocycles. The molecule has 1 aromatic rings. The molecule has 2 amide bonds. The van der Waals surface area contributed by atoms with E-state index in [2.05, 4.69) is 0 Å². The normalized spacial score (nSPS) is 25.0. The van der Waals surface area contributed by atoms with Gasteiger partial charge in [-0.2, -0.15) is 0 Å². The van der Waals surface area contributed by atoms with Crippen molar-refractivity contribution in [3.05, 3.63) is 29.8 Å². The second kappa shape index (κ2) is 6.84. The number of amides is 2. The molecule has 0 N–H and O–H groups in total. The van der Waals surface area contributed by atoms with E-state index in [-0.39, 0.29) is 34.4 Å². The Kier molecular flexibility index (Phi) is 5.08. The van der Waals surface area contributed by atoms with Gasteiger partial charge in [-0.05, 0) is 45.4 Å². The van der Waals surface area contributed by atoms with Gasteiger partial charge in [0.1, 0.15) is 0 Å². The maximum absolute atomic E-state index is 13.0. The Hall–Kier alpha value is -1.94. The van der Waals surface area contributed by atoms with Gasteiger partial charge in [0.05, 0.1) is 28.4 Å². The fourth-order valence-corrected chi connectivity index (χ4v) is 7.61. The summed E-state index contributed by atoms with van der Waals surface area (Å²) in [6.07, 6.45) is 0.384. The molecule has 8 nitrogen and oxygen atoms in total. The Morgan fingerprint density at radius 3 is 2.43 bits per heavy atom. The third kappa shape index (κ3) is 3.67. The number of hydrogen-bond acceptors (Lipinski definition) is 6.